The van der Waals surface area contributed by atoms with Crippen LogP contribution in [0, 0.1) is 0 Å². The molecule has 2 amide bonds. The SMILES string of the molecule is Nc1cccc2c1N(C(=O)Nc1ccccc1Cl)CC2. The second kappa shape index (κ2) is 5.06. The largest absolute Gasteiger partial charge is 0.397 e. The van der Waals surface area contributed by atoms with Crippen LogP contribution in [0.15, 0.2) is 42.5 Å². The van der Waals surface area contributed by atoms with Gasteiger partial charge in [-0.25, -0.2) is 4.79 Å². The summed E-state index contributed by atoms with van der Waals surface area (Å²) in [6, 6.07) is 12.6. The Morgan fingerprint density at radius 1 is 1.20 bits per heavy atom. The van der Waals surface area contributed by atoms with Gasteiger partial charge in [0.2, 0.25) is 0 Å². The van der Waals surface area contributed by atoms with E-state index in [-0.39, 0.29) is 6.03 Å². The first-order valence-corrected chi connectivity index (χ1v) is 6.75. The zero-order valence-electron chi connectivity index (χ0n) is 10.8. The number of benzene rings is 2. The second-order valence-electron chi connectivity index (χ2n) is 4.67. The predicted octanol–water partition coefficient (Wildman–Crippen LogP) is 3.52. The standard InChI is InChI=1S/C15H14ClN3O/c16-11-5-1-2-7-13(11)18-15(20)19-9-8-10-4-3-6-12(17)14(10)19/h1-7H,8-9,17H2,(H,18,20). The number of nitrogen functional groups attached to an aromatic ring is 1. The Balaban J connectivity index is 1.86. The van der Waals surface area contributed by atoms with Crippen molar-refractivity contribution >= 4 is 34.7 Å². The fourth-order valence-corrected chi connectivity index (χ4v) is 2.62. The van der Waals surface area contributed by atoms with Crippen LogP contribution >= 0.6 is 11.6 Å². The number of fused-ring (bicyclic) bond motifs is 1. The summed E-state index contributed by atoms with van der Waals surface area (Å²) < 4.78 is 0. The molecule has 0 atom stereocenters. The van der Waals surface area contributed by atoms with Gasteiger partial charge in [-0.2, -0.15) is 0 Å². The van der Waals surface area contributed by atoms with Crippen molar-refractivity contribution in [3.63, 3.8) is 0 Å². The molecule has 0 radical (unpaired) electrons. The third-order valence-electron chi connectivity index (χ3n) is 3.39. The number of rotatable bonds is 1. The van der Waals surface area contributed by atoms with Gasteiger partial charge in [-0.1, -0.05) is 35.9 Å². The highest BCUT2D eigenvalue weighted by molar-refractivity contribution is 6.33. The Hall–Kier alpha value is -2.20. The van der Waals surface area contributed by atoms with E-state index in [0.29, 0.717) is 22.9 Å². The summed E-state index contributed by atoms with van der Waals surface area (Å²) in [5, 5.41) is 3.33. The molecule has 0 saturated heterocycles. The topological polar surface area (TPSA) is 58.4 Å². The molecule has 1 heterocycles. The molecule has 102 valence electrons. The van der Waals surface area contributed by atoms with Crippen molar-refractivity contribution in [2.75, 3.05) is 22.5 Å². The van der Waals surface area contributed by atoms with Crippen LogP contribution < -0.4 is 16.0 Å². The molecule has 1 aliphatic rings. The van der Waals surface area contributed by atoms with E-state index in [1.54, 1.807) is 23.1 Å². The highest BCUT2D eigenvalue weighted by Crippen LogP contribution is 2.34. The van der Waals surface area contributed by atoms with Gasteiger partial charge in [-0.3, -0.25) is 4.90 Å². The Bertz CT molecular complexity index is 672. The number of urea groups is 1. The lowest BCUT2D eigenvalue weighted by molar-refractivity contribution is 0.257. The van der Waals surface area contributed by atoms with Crippen molar-refractivity contribution < 1.29 is 4.79 Å². The minimum atomic E-state index is -0.213. The molecule has 0 unspecified atom stereocenters. The quantitative estimate of drug-likeness (QED) is 0.789. The Morgan fingerprint density at radius 2 is 2.00 bits per heavy atom. The number of para-hydroxylation sites is 2. The number of carbonyl (C=O) groups excluding carboxylic acids is 1. The molecular formula is C15H14ClN3O. The Kier molecular flexibility index (Phi) is 3.24. The molecule has 1 aliphatic heterocycles. The van der Waals surface area contributed by atoms with Crippen molar-refractivity contribution in [2.24, 2.45) is 0 Å². The third-order valence-corrected chi connectivity index (χ3v) is 3.72. The number of amides is 2. The van der Waals surface area contributed by atoms with Crippen molar-refractivity contribution in [3.05, 3.63) is 53.1 Å². The van der Waals surface area contributed by atoms with E-state index in [2.05, 4.69) is 5.32 Å². The van der Waals surface area contributed by atoms with E-state index in [1.807, 2.05) is 24.3 Å². The van der Waals surface area contributed by atoms with Gasteiger partial charge in [-0.15, -0.1) is 0 Å². The molecule has 0 spiro atoms. The molecular weight excluding hydrogens is 274 g/mol. The fraction of sp³-hybridized carbons (Fsp3) is 0.133. The maximum atomic E-state index is 12.4. The highest BCUT2D eigenvalue weighted by Gasteiger charge is 2.26. The third kappa shape index (κ3) is 2.18. The van der Waals surface area contributed by atoms with E-state index < -0.39 is 0 Å². The van der Waals surface area contributed by atoms with Gasteiger partial charge in [0.05, 0.1) is 22.1 Å². The minimum absolute atomic E-state index is 0.213. The molecule has 20 heavy (non-hydrogen) atoms. The van der Waals surface area contributed by atoms with Crippen molar-refractivity contribution in [3.8, 4) is 0 Å². The lowest BCUT2D eigenvalue weighted by atomic mass is 10.1. The number of anilines is 3. The molecule has 2 aromatic carbocycles. The molecule has 3 N–H and O–H groups in total. The van der Waals surface area contributed by atoms with Crippen LogP contribution in [0.5, 0.6) is 0 Å². The first kappa shape index (κ1) is 12.8. The zero-order valence-corrected chi connectivity index (χ0v) is 11.5. The summed E-state index contributed by atoms with van der Waals surface area (Å²) in [6.07, 6.45) is 0.816. The minimum Gasteiger partial charge on any atom is -0.397 e. The van der Waals surface area contributed by atoms with Crippen molar-refractivity contribution in [2.45, 2.75) is 6.42 Å². The summed E-state index contributed by atoms with van der Waals surface area (Å²) in [5.74, 6) is 0. The molecule has 0 saturated carbocycles. The lowest BCUT2D eigenvalue weighted by Crippen LogP contribution is -2.33. The molecule has 3 rings (SSSR count). The smallest absolute Gasteiger partial charge is 0.326 e. The van der Waals surface area contributed by atoms with Crippen LogP contribution in [0.25, 0.3) is 0 Å². The van der Waals surface area contributed by atoms with Crippen LogP contribution in [0.1, 0.15) is 5.56 Å². The number of nitrogens with zero attached hydrogens (tertiary/aromatic N) is 1. The van der Waals surface area contributed by atoms with Crippen LogP contribution in [0.2, 0.25) is 5.02 Å². The molecule has 2 aromatic rings. The predicted molar refractivity (Wildman–Crippen MR) is 82.4 cm³/mol. The number of halogens is 1. The molecule has 0 bridgehead atoms. The number of hydrogen-bond acceptors (Lipinski definition) is 2. The Labute approximate surface area is 122 Å². The van der Waals surface area contributed by atoms with Crippen LogP contribution in [0.3, 0.4) is 0 Å². The van der Waals surface area contributed by atoms with E-state index in [0.717, 1.165) is 17.7 Å². The normalized spacial score (nSPS) is 13.2. The molecule has 0 aliphatic carbocycles. The monoisotopic (exact) mass is 287 g/mol. The zero-order chi connectivity index (χ0) is 14.1. The van der Waals surface area contributed by atoms with Gasteiger partial charge in [-0.05, 0) is 30.2 Å². The molecule has 0 fully saturated rings. The average molecular weight is 288 g/mol. The summed E-state index contributed by atoms with van der Waals surface area (Å²) in [6.45, 7) is 0.625. The number of hydrogen-bond donors (Lipinski definition) is 2. The van der Waals surface area contributed by atoms with Crippen LogP contribution in [-0.4, -0.2) is 12.6 Å². The summed E-state index contributed by atoms with van der Waals surface area (Å²) >= 11 is 6.05. The first-order valence-electron chi connectivity index (χ1n) is 6.37. The van der Waals surface area contributed by atoms with Gasteiger partial charge in [0.25, 0.3) is 0 Å². The fourth-order valence-electron chi connectivity index (χ4n) is 2.43. The van der Waals surface area contributed by atoms with Crippen LogP contribution in [0.4, 0.5) is 21.9 Å². The number of nitrogens with one attached hydrogen (secondary N) is 1. The van der Waals surface area contributed by atoms with E-state index >= 15 is 0 Å². The number of nitrogens with two attached hydrogens (primary N) is 1. The van der Waals surface area contributed by atoms with E-state index in [4.69, 9.17) is 17.3 Å². The van der Waals surface area contributed by atoms with Gasteiger partial charge < -0.3 is 11.1 Å². The van der Waals surface area contributed by atoms with Gasteiger partial charge in [0, 0.05) is 6.54 Å². The summed E-state index contributed by atoms with van der Waals surface area (Å²) in [7, 11) is 0. The van der Waals surface area contributed by atoms with Crippen molar-refractivity contribution in [1.29, 1.82) is 0 Å². The highest BCUT2D eigenvalue weighted by atomic mass is 35.5. The molecule has 4 nitrogen and oxygen atoms in total. The summed E-state index contributed by atoms with van der Waals surface area (Å²) in [4.78, 5) is 14.0. The van der Waals surface area contributed by atoms with Crippen LogP contribution in [-0.2, 0) is 6.42 Å². The van der Waals surface area contributed by atoms with E-state index in [1.165, 1.54) is 0 Å². The molecule has 5 heteroatoms. The first-order chi connectivity index (χ1) is 9.66. The maximum Gasteiger partial charge on any atom is 0.326 e. The Morgan fingerprint density at radius 3 is 2.80 bits per heavy atom. The summed E-state index contributed by atoms with van der Waals surface area (Å²) in [5.41, 5.74) is 9.09. The van der Waals surface area contributed by atoms with Gasteiger partial charge in [0.15, 0.2) is 0 Å². The average Bonchev–Trinajstić information content (AvgIpc) is 2.87. The molecule has 0 aromatic heterocycles. The van der Waals surface area contributed by atoms with Gasteiger partial charge >= 0.3 is 6.03 Å². The number of carbonyl (C=O) groups is 1. The van der Waals surface area contributed by atoms with Crippen molar-refractivity contribution in [1.82, 2.24) is 0 Å². The van der Waals surface area contributed by atoms with Gasteiger partial charge in [0.1, 0.15) is 0 Å². The lowest BCUT2D eigenvalue weighted by Gasteiger charge is -2.20. The maximum absolute atomic E-state index is 12.4. The second-order valence-corrected chi connectivity index (χ2v) is 5.07. The van der Waals surface area contributed by atoms with E-state index in [9.17, 15) is 4.79 Å².